The van der Waals surface area contributed by atoms with Gasteiger partial charge >= 0.3 is 0 Å². The van der Waals surface area contributed by atoms with Gasteiger partial charge in [-0.25, -0.2) is 4.98 Å². The van der Waals surface area contributed by atoms with Gasteiger partial charge in [-0.3, -0.25) is 9.20 Å². The molecule has 4 nitrogen and oxygen atoms in total. The minimum atomic E-state index is -0.306. The van der Waals surface area contributed by atoms with Crippen LogP contribution in [-0.2, 0) is 0 Å². The van der Waals surface area contributed by atoms with Crippen LogP contribution in [0.25, 0.3) is 16.9 Å². The number of carbonyl (C=O) groups is 1. The fourth-order valence-electron chi connectivity index (χ4n) is 2.93. The number of rotatable bonds is 3. The molecule has 0 saturated heterocycles. The number of benzene rings is 2. The summed E-state index contributed by atoms with van der Waals surface area (Å²) in [5.41, 5.74) is 3.80. The van der Waals surface area contributed by atoms with E-state index in [2.05, 4.69) is 5.32 Å². The molecule has 6 heteroatoms. The summed E-state index contributed by atoms with van der Waals surface area (Å²) in [5.74, 6) is 0.292. The van der Waals surface area contributed by atoms with Gasteiger partial charge in [0.1, 0.15) is 17.2 Å². The second-order valence-electron chi connectivity index (χ2n) is 6.22. The molecule has 0 radical (unpaired) electrons. The summed E-state index contributed by atoms with van der Waals surface area (Å²) in [5, 5.41) is 3.79. The predicted octanol–water partition coefficient (Wildman–Crippen LogP) is 5.87. The van der Waals surface area contributed by atoms with E-state index < -0.39 is 0 Å². The highest BCUT2D eigenvalue weighted by Crippen LogP contribution is 2.30. The molecular formula is C21H15Cl2N3O. The fraction of sp³-hybridized carbons (Fsp3) is 0.0476. The summed E-state index contributed by atoms with van der Waals surface area (Å²) in [6, 6.07) is 18.4. The lowest BCUT2D eigenvalue weighted by Crippen LogP contribution is -2.14. The van der Waals surface area contributed by atoms with Crippen molar-refractivity contribution in [3.05, 3.63) is 88.0 Å². The topological polar surface area (TPSA) is 46.4 Å². The fourth-order valence-corrected chi connectivity index (χ4v) is 3.46. The maximum Gasteiger partial charge on any atom is 0.256 e. The van der Waals surface area contributed by atoms with Crippen LogP contribution in [0.3, 0.4) is 0 Å². The Bertz CT molecular complexity index is 1130. The summed E-state index contributed by atoms with van der Waals surface area (Å²) < 4.78 is 1.88. The van der Waals surface area contributed by atoms with Crippen molar-refractivity contribution < 1.29 is 4.79 Å². The van der Waals surface area contributed by atoms with E-state index in [1.807, 2.05) is 60.0 Å². The first-order chi connectivity index (χ1) is 13.0. The highest BCUT2D eigenvalue weighted by Gasteiger charge is 2.18. The van der Waals surface area contributed by atoms with Gasteiger partial charge < -0.3 is 5.32 Å². The van der Waals surface area contributed by atoms with Gasteiger partial charge in [0, 0.05) is 27.4 Å². The molecule has 4 aromatic rings. The van der Waals surface area contributed by atoms with Crippen LogP contribution in [0.1, 0.15) is 15.9 Å². The van der Waals surface area contributed by atoms with Crippen LogP contribution < -0.4 is 5.32 Å². The third-order valence-corrected chi connectivity index (χ3v) is 4.61. The zero-order valence-corrected chi connectivity index (χ0v) is 15.9. The number of fused-ring (bicyclic) bond motifs is 1. The number of aryl methyl sites for hydroxylation is 1. The summed E-state index contributed by atoms with van der Waals surface area (Å²) in [6.07, 6.45) is 1.94. The summed E-state index contributed by atoms with van der Waals surface area (Å²) in [6.45, 7) is 1.99. The van der Waals surface area contributed by atoms with Crippen LogP contribution in [0.2, 0.25) is 10.0 Å². The quantitative estimate of drug-likeness (QED) is 0.471. The molecule has 0 spiro atoms. The molecule has 0 bridgehead atoms. The SMILES string of the molecule is Cc1ccc2nc(-c3ccccc3)c(NC(=O)c3cc(Cl)cc(Cl)c3)n2c1. The number of pyridine rings is 1. The molecule has 0 unspecified atom stereocenters. The van der Waals surface area contributed by atoms with Crippen molar-refractivity contribution >= 4 is 40.6 Å². The molecule has 2 aromatic heterocycles. The van der Waals surface area contributed by atoms with Crippen molar-refractivity contribution in [3.63, 3.8) is 0 Å². The van der Waals surface area contributed by atoms with Gasteiger partial charge in [0.05, 0.1) is 0 Å². The number of nitrogens with zero attached hydrogens (tertiary/aromatic N) is 2. The van der Waals surface area contributed by atoms with Crippen LogP contribution in [0, 0.1) is 6.92 Å². The smallest absolute Gasteiger partial charge is 0.256 e. The Morgan fingerprint density at radius 3 is 2.41 bits per heavy atom. The highest BCUT2D eigenvalue weighted by molar-refractivity contribution is 6.35. The Morgan fingerprint density at radius 2 is 1.70 bits per heavy atom. The van der Waals surface area contributed by atoms with Crippen LogP contribution in [0.15, 0.2) is 66.9 Å². The van der Waals surface area contributed by atoms with Gasteiger partial charge in [-0.05, 0) is 36.8 Å². The number of amides is 1. The lowest BCUT2D eigenvalue weighted by Gasteiger charge is -2.09. The molecule has 0 fully saturated rings. The van der Waals surface area contributed by atoms with Gasteiger partial charge in [0.25, 0.3) is 5.91 Å². The molecule has 27 heavy (non-hydrogen) atoms. The lowest BCUT2D eigenvalue weighted by molar-refractivity contribution is 0.102. The molecule has 0 saturated carbocycles. The Kier molecular flexibility index (Phi) is 4.60. The number of hydrogen-bond donors (Lipinski definition) is 1. The van der Waals surface area contributed by atoms with Crippen LogP contribution >= 0.6 is 23.2 Å². The number of aromatic nitrogens is 2. The van der Waals surface area contributed by atoms with E-state index in [0.29, 0.717) is 27.1 Å². The third-order valence-electron chi connectivity index (χ3n) is 4.17. The second-order valence-corrected chi connectivity index (χ2v) is 7.09. The maximum atomic E-state index is 12.9. The van der Waals surface area contributed by atoms with Crippen molar-refractivity contribution in [1.29, 1.82) is 0 Å². The van der Waals surface area contributed by atoms with Crippen molar-refractivity contribution in [2.45, 2.75) is 6.92 Å². The monoisotopic (exact) mass is 395 g/mol. The van der Waals surface area contributed by atoms with Crippen LogP contribution in [0.5, 0.6) is 0 Å². The standard InChI is InChI=1S/C21H15Cl2N3O/c1-13-7-8-18-24-19(14-5-3-2-4-6-14)20(26(18)12-13)25-21(27)15-9-16(22)11-17(23)10-15/h2-12H,1H3,(H,25,27). The first-order valence-corrected chi connectivity index (χ1v) is 9.08. The van der Waals surface area contributed by atoms with E-state index in [-0.39, 0.29) is 5.91 Å². The van der Waals surface area contributed by atoms with Crippen LogP contribution in [0.4, 0.5) is 5.82 Å². The van der Waals surface area contributed by atoms with Crippen LogP contribution in [-0.4, -0.2) is 15.3 Å². The second kappa shape index (κ2) is 7.06. The number of nitrogens with one attached hydrogen (secondary N) is 1. The summed E-state index contributed by atoms with van der Waals surface area (Å²) in [4.78, 5) is 17.6. The van der Waals surface area contributed by atoms with Crippen molar-refractivity contribution in [2.24, 2.45) is 0 Å². The maximum absolute atomic E-state index is 12.9. The lowest BCUT2D eigenvalue weighted by atomic mass is 10.1. The average Bonchev–Trinajstić information content (AvgIpc) is 2.99. The molecule has 2 aromatic carbocycles. The zero-order chi connectivity index (χ0) is 19.0. The molecule has 0 aliphatic rings. The molecule has 4 rings (SSSR count). The summed E-state index contributed by atoms with van der Waals surface area (Å²) >= 11 is 12.1. The number of carbonyl (C=O) groups excluding carboxylic acids is 1. The molecule has 2 heterocycles. The van der Waals surface area contributed by atoms with Gasteiger partial charge in [0.2, 0.25) is 0 Å². The minimum absolute atomic E-state index is 0.306. The Balaban J connectivity index is 1.84. The van der Waals surface area contributed by atoms with E-state index >= 15 is 0 Å². The van der Waals surface area contributed by atoms with E-state index in [0.717, 1.165) is 16.8 Å². The van der Waals surface area contributed by atoms with E-state index in [4.69, 9.17) is 28.2 Å². The molecule has 0 aliphatic carbocycles. The number of anilines is 1. The van der Waals surface area contributed by atoms with E-state index in [9.17, 15) is 4.79 Å². The highest BCUT2D eigenvalue weighted by atomic mass is 35.5. The van der Waals surface area contributed by atoms with Crippen molar-refractivity contribution in [3.8, 4) is 11.3 Å². The molecule has 1 amide bonds. The normalized spacial score (nSPS) is 10.9. The Hall–Kier alpha value is -2.82. The van der Waals surface area contributed by atoms with E-state index in [1.165, 1.54) is 0 Å². The average molecular weight is 396 g/mol. The Morgan fingerprint density at radius 1 is 1.00 bits per heavy atom. The number of halogens is 2. The summed E-state index contributed by atoms with van der Waals surface area (Å²) in [7, 11) is 0. The minimum Gasteiger partial charge on any atom is -0.306 e. The van der Waals surface area contributed by atoms with Gasteiger partial charge in [-0.1, -0.05) is 59.6 Å². The van der Waals surface area contributed by atoms with Gasteiger partial charge in [-0.2, -0.15) is 0 Å². The third kappa shape index (κ3) is 3.54. The Labute approximate surface area is 166 Å². The van der Waals surface area contributed by atoms with Crippen molar-refractivity contribution in [2.75, 3.05) is 5.32 Å². The number of hydrogen-bond acceptors (Lipinski definition) is 2. The van der Waals surface area contributed by atoms with Crippen molar-refractivity contribution in [1.82, 2.24) is 9.38 Å². The van der Waals surface area contributed by atoms with Gasteiger partial charge in [0.15, 0.2) is 0 Å². The molecular weight excluding hydrogens is 381 g/mol. The molecule has 0 atom stereocenters. The molecule has 134 valence electrons. The number of imidazole rings is 1. The molecule has 1 N–H and O–H groups in total. The van der Waals surface area contributed by atoms with E-state index in [1.54, 1.807) is 18.2 Å². The zero-order valence-electron chi connectivity index (χ0n) is 14.4. The largest absolute Gasteiger partial charge is 0.306 e. The first-order valence-electron chi connectivity index (χ1n) is 8.33. The first kappa shape index (κ1) is 17.6. The molecule has 0 aliphatic heterocycles. The predicted molar refractivity (Wildman–Crippen MR) is 110 cm³/mol. The van der Waals surface area contributed by atoms with Gasteiger partial charge in [-0.15, -0.1) is 0 Å².